The Hall–Kier alpha value is -3.09. The molecule has 7 nitrogen and oxygen atoms in total. The normalized spacial score (nSPS) is 12.0. The molecule has 28 heavy (non-hydrogen) atoms. The highest BCUT2D eigenvalue weighted by Gasteiger charge is 2.26. The van der Waals surface area contributed by atoms with E-state index in [-0.39, 0.29) is 13.0 Å². The Balaban J connectivity index is 2.07. The molecule has 7 heteroatoms. The van der Waals surface area contributed by atoms with Crippen LogP contribution in [0.15, 0.2) is 48.7 Å². The quantitative estimate of drug-likeness (QED) is 0.735. The number of carbonyl (C=O) groups is 2. The van der Waals surface area contributed by atoms with Crippen LogP contribution in [0.3, 0.4) is 0 Å². The topological polar surface area (TPSA) is 86.8 Å². The lowest BCUT2D eigenvalue weighted by Gasteiger charge is -2.23. The molecule has 2 rings (SSSR count). The van der Waals surface area contributed by atoms with Gasteiger partial charge in [-0.2, -0.15) is 0 Å². The van der Waals surface area contributed by atoms with Gasteiger partial charge in [0, 0.05) is 12.1 Å². The van der Waals surface area contributed by atoms with Crippen LogP contribution in [0.5, 0.6) is 5.75 Å². The zero-order valence-corrected chi connectivity index (χ0v) is 16.6. The van der Waals surface area contributed by atoms with Gasteiger partial charge < -0.3 is 19.5 Å². The molecule has 0 aliphatic heterocycles. The number of methoxy groups -OCH3 is 1. The van der Waals surface area contributed by atoms with Crippen molar-refractivity contribution in [3.8, 4) is 5.75 Å². The molecule has 0 bridgehead atoms. The maximum atomic E-state index is 12.6. The number of rotatable bonds is 7. The molecule has 1 aromatic heterocycles. The van der Waals surface area contributed by atoms with Crippen LogP contribution in [0.4, 0.5) is 4.79 Å². The highest BCUT2D eigenvalue weighted by molar-refractivity contribution is 5.81. The van der Waals surface area contributed by atoms with Gasteiger partial charge in [-0.25, -0.2) is 9.59 Å². The predicted octanol–water partition coefficient (Wildman–Crippen LogP) is 3.27. The van der Waals surface area contributed by atoms with E-state index in [1.54, 1.807) is 46.2 Å². The van der Waals surface area contributed by atoms with E-state index in [4.69, 9.17) is 14.2 Å². The number of carbonyl (C=O) groups excluding carboxylic acids is 2. The lowest BCUT2D eigenvalue weighted by Crippen LogP contribution is -2.45. The number of alkyl carbamates (subject to hydrolysis) is 1. The summed E-state index contributed by atoms with van der Waals surface area (Å²) in [6.45, 7) is 5.36. The molecule has 0 saturated heterocycles. The standard InChI is InChI=1S/C21H26N2O5/c1-21(2,3)28-20(25)23-18(12-16-10-11-17(26-4)13-22-16)19(24)27-14-15-8-6-5-7-9-15/h5-11,13,18H,12,14H2,1-4H3,(H,23,25)/t18-/m0/s1. The van der Waals surface area contributed by atoms with Crippen LogP contribution in [0.1, 0.15) is 32.0 Å². The molecular weight excluding hydrogens is 360 g/mol. The van der Waals surface area contributed by atoms with Gasteiger partial charge in [0.2, 0.25) is 0 Å². The third-order valence-corrected chi connectivity index (χ3v) is 3.65. The van der Waals surface area contributed by atoms with Gasteiger partial charge in [0.05, 0.1) is 13.3 Å². The van der Waals surface area contributed by atoms with E-state index < -0.39 is 23.7 Å². The van der Waals surface area contributed by atoms with E-state index in [0.29, 0.717) is 11.4 Å². The summed E-state index contributed by atoms with van der Waals surface area (Å²) in [5.41, 5.74) is 0.786. The first kappa shape index (κ1) is 21.2. The number of benzene rings is 1. The van der Waals surface area contributed by atoms with E-state index in [1.165, 1.54) is 0 Å². The average molecular weight is 386 g/mol. The van der Waals surface area contributed by atoms with E-state index in [9.17, 15) is 9.59 Å². The van der Waals surface area contributed by atoms with Gasteiger partial charge in [-0.3, -0.25) is 4.98 Å². The molecule has 0 radical (unpaired) electrons. The molecule has 1 amide bonds. The summed E-state index contributed by atoms with van der Waals surface area (Å²) in [7, 11) is 1.55. The van der Waals surface area contributed by atoms with Crippen molar-refractivity contribution in [1.29, 1.82) is 0 Å². The highest BCUT2D eigenvalue weighted by atomic mass is 16.6. The largest absolute Gasteiger partial charge is 0.495 e. The first-order valence-electron chi connectivity index (χ1n) is 8.96. The van der Waals surface area contributed by atoms with Crippen LogP contribution in [0.2, 0.25) is 0 Å². The van der Waals surface area contributed by atoms with Crippen molar-refractivity contribution in [3.63, 3.8) is 0 Å². The summed E-state index contributed by atoms with van der Waals surface area (Å²) < 4.78 is 15.7. The summed E-state index contributed by atoms with van der Waals surface area (Å²) in [6.07, 6.45) is 1.02. The Bertz CT molecular complexity index is 770. The van der Waals surface area contributed by atoms with Crippen LogP contribution in [-0.4, -0.2) is 35.8 Å². The van der Waals surface area contributed by atoms with Crippen LogP contribution < -0.4 is 10.1 Å². The minimum atomic E-state index is -0.931. The molecule has 0 saturated carbocycles. The van der Waals surface area contributed by atoms with Crippen molar-refractivity contribution >= 4 is 12.1 Å². The van der Waals surface area contributed by atoms with E-state index >= 15 is 0 Å². The number of amides is 1. The summed E-state index contributed by atoms with van der Waals surface area (Å²) in [4.78, 5) is 29.0. The number of hydrogen-bond donors (Lipinski definition) is 1. The van der Waals surface area contributed by atoms with Gasteiger partial charge in [-0.1, -0.05) is 30.3 Å². The molecule has 0 spiro atoms. The molecule has 1 heterocycles. The maximum Gasteiger partial charge on any atom is 0.408 e. The molecule has 0 aliphatic rings. The lowest BCUT2D eigenvalue weighted by atomic mass is 10.1. The van der Waals surface area contributed by atoms with Crippen molar-refractivity contribution in [2.75, 3.05) is 7.11 Å². The number of ether oxygens (including phenoxy) is 3. The monoisotopic (exact) mass is 386 g/mol. The number of nitrogens with one attached hydrogen (secondary N) is 1. The summed E-state index contributed by atoms with van der Waals surface area (Å²) in [5.74, 6) is 0.0411. The molecule has 0 unspecified atom stereocenters. The Morgan fingerprint density at radius 2 is 1.82 bits per heavy atom. The smallest absolute Gasteiger partial charge is 0.408 e. The Morgan fingerprint density at radius 3 is 2.39 bits per heavy atom. The van der Waals surface area contributed by atoms with E-state index in [1.807, 2.05) is 30.3 Å². The Kier molecular flexibility index (Phi) is 7.37. The highest BCUT2D eigenvalue weighted by Crippen LogP contribution is 2.12. The van der Waals surface area contributed by atoms with Crippen molar-refractivity contribution < 1.29 is 23.8 Å². The number of nitrogens with zero attached hydrogens (tertiary/aromatic N) is 1. The molecule has 1 atom stereocenters. The molecule has 0 fully saturated rings. The van der Waals surface area contributed by atoms with Crippen molar-refractivity contribution in [2.24, 2.45) is 0 Å². The second-order valence-corrected chi connectivity index (χ2v) is 7.19. The summed E-state index contributed by atoms with van der Waals surface area (Å²) in [5, 5.41) is 2.58. The minimum Gasteiger partial charge on any atom is -0.495 e. The van der Waals surface area contributed by atoms with Crippen LogP contribution in [0, 0.1) is 0 Å². The van der Waals surface area contributed by atoms with Gasteiger partial charge in [-0.05, 0) is 38.5 Å². The van der Waals surface area contributed by atoms with Gasteiger partial charge in [0.25, 0.3) is 0 Å². The van der Waals surface area contributed by atoms with E-state index in [2.05, 4.69) is 10.3 Å². The molecule has 0 aliphatic carbocycles. The van der Waals surface area contributed by atoms with Crippen LogP contribution in [0.25, 0.3) is 0 Å². The number of aromatic nitrogens is 1. The number of esters is 1. The third kappa shape index (κ3) is 7.26. The molecular formula is C21H26N2O5. The molecule has 1 aromatic carbocycles. The van der Waals surface area contributed by atoms with Crippen molar-refractivity contribution in [3.05, 3.63) is 59.9 Å². The third-order valence-electron chi connectivity index (χ3n) is 3.65. The average Bonchev–Trinajstić information content (AvgIpc) is 2.65. The fourth-order valence-electron chi connectivity index (χ4n) is 2.33. The number of hydrogen-bond acceptors (Lipinski definition) is 6. The van der Waals surface area contributed by atoms with Gasteiger partial charge >= 0.3 is 12.1 Å². The first-order chi connectivity index (χ1) is 13.3. The maximum absolute atomic E-state index is 12.6. The van der Waals surface area contributed by atoms with Gasteiger partial charge in [-0.15, -0.1) is 0 Å². The number of pyridine rings is 1. The second kappa shape index (κ2) is 9.73. The summed E-state index contributed by atoms with van der Waals surface area (Å²) in [6, 6.07) is 11.9. The Morgan fingerprint density at radius 1 is 1.11 bits per heavy atom. The zero-order valence-electron chi connectivity index (χ0n) is 16.6. The zero-order chi connectivity index (χ0) is 20.6. The van der Waals surface area contributed by atoms with Crippen molar-refractivity contribution in [1.82, 2.24) is 10.3 Å². The second-order valence-electron chi connectivity index (χ2n) is 7.19. The molecule has 150 valence electrons. The van der Waals surface area contributed by atoms with Crippen LogP contribution >= 0.6 is 0 Å². The van der Waals surface area contributed by atoms with Crippen LogP contribution in [-0.2, 0) is 27.3 Å². The van der Waals surface area contributed by atoms with Gasteiger partial charge in [0.1, 0.15) is 24.0 Å². The first-order valence-corrected chi connectivity index (χ1v) is 8.96. The van der Waals surface area contributed by atoms with Gasteiger partial charge in [0.15, 0.2) is 0 Å². The predicted molar refractivity (Wildman–Crippen MR) is 104 cm³/mol. The minimum absolute atomic E-state index is 0.113. The van der Waals surface area contributed by atoms with E-state index in [0.717, 1.165) is 5.56 Å². The fraction of sp³-hybridized carbons (Fsp3) is 0.381. The van der Waals surface area contributed by atoms with Crippen molar-refractivity contribution in [2.45, 2.75) is 45.4 Å². The molecule has 2 aromatic rings. The fourth-order valence-corrected chi connectivity index (χ4v) is 2.33. The summed E-state index contributed by atoms with van der Waals surface area (Å²) >= 11 is 0. The lowest BCUT2D eigenvalue weighted by molar-refractivity contribution is -0.147. The SMILES string of the molecule is COc1ccc(C[C@H](NC(=O)OC(C)(C)C)C(=O)OCc2ccccc2)nc1. The molecule has 1 N–H and O–H groups in total. The Labute approximate surface area is 165 Å².